The second kappa shape index (κ2) is 7.18. The number of hydrogen-bond acceptors (Lipinski definition) is 1. The molecule has 1 rings (SSSR count). The second-order valence-corrected chi connectivity index (χ2v) is 3.94. The summed E-state index contributed by atoms with van der Waals surface area (Å²) >= 11 is 0. The molecule has 16 heavy (non-hydrogen) atoms. The molecule has 0 aliphatic carbocycles. The number of rotatable bonds is 6. The standard InChI is InChI=1S/C14H20FN/c1-3-9-16-10-5-6-12(2)13-7-4-8-14(15)11-13/h4,6-8,11,16H,3,5,9-10H2,1-2H3. The summed E-state index contributed by atoms with van der Waals surface area (Å²) in [6.45, 7) is 6.22. The molecule has 2 heteroatoms. The predicted molar refractivity (Wildman–Crippen MR) is 67.8 cm³/mol. The quantitative estimate of drug-likeness (QED) is 0.723. The molecule has 0 radical (unpaired) electrons. The van der Waals surface area contributed by atoms with Gasteiger partial charge in [0.15, 0.2) is 0 Å². The maximum Gasteiger partial charge on any atom is 0.123 e. The van der Waals surface area contributed by atoms with Crippen molar-refractivity contribution in [1.29, 1.82) is 0 Å². The van der Waals surface area contributed by atoms with Crippen molar-refractivity contribution >= 4 is 5.57 Å². The van der Waals surface area contributed by atoms with Crippen LogP contribution in [0.2, 0.25) is 0 Å². The molecule has 0 unspecified atom stereocenters. The predicted octanol–water partition coefficient (Wildman–Crippen LogP) is 3.62. The van der Waals surface area contributed by atoms with Crippen LogP contribution in [0.25, 0.3) is 5.57 Å². The Morgan fingerprint density at radius 2 is 2.19 bits per heavy atom. The minimum absolute atomic E-state index is 0.172. The molecular weight excluding hydrogens is 201 g/mol. The first-order valence-electron chi connectivity index (χ1n) is 5.87. The van der Waals surface area contributed by atoms with E-state index in [2.05, 4.69) is 18.3 Å². The lowest BCUT2D eigenvalue weighted by molar-refractivity contribution is 0.627. The molecule has 0 bridgehead atoms. The van der Waals surface area contributed by atoms with E-state index in [0.29, 0.717) is 0 Å². The van der Waals surface area contributed by atoms with E-state index in [0.717, 1.165) is 37.1 Å². The summed E-state index contributed by atoms with van der Waals surface area (Å²) < 4.78 is 13.0. The normalized spacial score (nSPS) is 11.8. The summed E-state index contributed by atoms with van der Waals surface area (Å²) in [5, 5.41) is 3.33. The van der Waals surface area contributed by atoms with Crippen LogP contribution < -0.4 is 5.32 Å². The molecule has 1 aromatic carbocycles. The largest absolute Gasteiger partial charge is 0.316 e. The van der Waals surface area contributed by atoms with Crippen LogP contribution in [0.3, 0.4) is 0 Å². The summed E-state index contributed by atoms with van der Waals surface area (Å²) in [4.78, 5) is 0. The zero-order chi connectivity index (χ0) is 11.8. The van der Waals surface area contributed by atoms with Crippen LogP contribution in [-0.2, 0) is 0 Å². The smallest absolute Gasteiger partial charge is 0.123 e. The Kier molecular flexibility index (Phi) is 5.79. The van der Waals surface area contributed by atoms with Crippen molar-refractivity contribution < 1.29 is 4.39 Å². The molecule has 1 aromatic rings. The molecule has 1 nitrogen and oxygen atoms in total. The average Bonchev–Trinajstić information content (AvgIpc) is 2.28. The zero-order valence-electron chi connectivity index (χ0n) is 10.1. The summed E-state index contributed by atoms with van der Waals surface area (Å²) in [5.41, 5.74) is 2.10. The minimum atomic E-state index is -0.172. The lowest BCUT2D eigenvalue weighted by atomic mass is 10.1. The Balaban J connectivity index is 2.44. The first kappa shape index (κ1) is 12.9. The molecule has 0 aromatic heterocycles. The summed E-state index contributed by atoms with van der Waals surface area (Å²) in [5.74, 6) is -0.172. The van der Waals surface area contributed by atoms with Crippen LogP contribution in [0.15, 0.2) is 30.3 Å². The third-order valence-electron chi connectivity index (χ3n) is 2.48. The van der Waals surface area contributed by atoms with Crippen LogP contribution >= 0.6 is 0 Å². The van der Waals surface area contributed by atoms with Crippen molar-refractivity contribution in [1.82, 2.24) is 5.32 Å². The van der Waals surface area contributed by atoms with Gasteiger partial charge in [0, 0.05) is 0 Å². The topological polar surface area (TPSA) is 12.0 Å². The number of nitrogens with one attached hydrogen (secondary N) is 1. The molecule has 0 spiro atoms. The maximum absolute atomic E-state index is 13.0. The van der Waals surface area contributed by atoms with Gasteiger partial charge in [0.05, 0.1) is 0 Å². The summed E-state index contributed by atoms with van der Waals surface area (Å²) in [7, 11) is 0. The van der Waals surface area contributed by atoms with Crippen molar-refractivity contribution in [3.8, 4) is 0 Å². The van der Waals surface area contributed by atoms with Crippen LogP contribution in [0, 0.1) is 5.82 Å². The monoisotopic (exact) mass is 221 g/mol. The van der Waals surface area contributed by atoms with Crippen LogP contribution in [0.5, 0.6) is 0 Å². The Hall–Kier alpha value is -1.15. The lowest BCUT2D eigenvalue weighted by Gasteiger charge is -2.03. The van der Waals surface area contributed by atoms with E-state index < -0.39 is 0 Å². The Morgan fingerprint density at radius 1 is 1.38 bits per heavy atom. The summed E-state index contributed by atoms with van der Waals surface area (Å²) in [6, 6.07) is 6.73. The Morgan fingerprint density at radius 3 is 2.88 bits per heavy atom. The van der Waals surface area contributed by atoms with E-state index in [-0.39, 0.29) is 5.82 Å². The van der Waals surface area contributed by atoms with E-state index in [1.807, 2.05) is 13.0 Å². The number of halogens is 1. The molecule has 0 fully saturated rings. The minimum Gasteiger partial charge on any atom is -0.316 e. The van der Waals surface area contributed by atoms with Gasteiger partial charge in [0.25, 0.3) is 0 Å². The van der Waals surface area contributed by atoms with Gasteiger partial charge in [-0.3, -0.25) is 0 Å². The van der Waals surface area contributed by atoms with Crippen molar-refractivity contribution in [2.24, 2.45) is 0 Å². The maximum atomic E-state index is 13.0. The molecule has 88 valence electrons. The molecular formula is C14H20FN. The van der Waals surface area contributed by atoms with Crippen LogP contribution in [0.1, 0.15) is 32.3 Å². The molecule has 0 amide bonds. The number of hydrogen-bond donors (Lipinski definition) is 1. The highest BCUT2D eigenvalue weighted by molar-refractivity contribution is 5.63. The van der Waals surface area contributed by atoms with Crippen molar-refractivity contribution in [2.75, 3.05) is 13.1 Å². The average molecular weight is 221 g/mol. The third kappa shape index (κ3) is 4.58. The van der Waals surface area contributed by atoms with Gasteiger partial charge in [-0.05, 0) is 56.1 Å². The molecule has 0 aliphatic heterocycles. The van der Waals surface area contributed by atoms with Gasteiger partial charge in [0.2, 0.25) is 0 Å². The van der Waals surface area contributed by atoms with Gasteiger partial charge in [-0.1, -0.05) is 25.1 Å². The number of allylic oxidation sites excluding steroid dienone is 1. The van der Waals surface area contributed by atoms with Crippen molar-refractivity contribution in [3.63, 3.8) is 0 Å². The van der Waals surface area contributed by atoms with E-state index in [1.165, 1.54) is 6.07 Å². The highest BCUT2D eigenvalue weighted by Crippen LogP contribution is 2.14. The SMILES string of the molecule is CCCNCCC=C(C)c1cccc(F)c1. The van der Waals surface area contributed by atoms with Gasteiger partial charge in [0.1, 0.15) is 5.82 Å². The van der Waals surface area contributed by atoms with Gasteiger partial charge in [-0.25, -0.2) is 4.39 Å². The molecule has 0 saturated carbocycles. The Labute approximate surface area is 97.4 Å². The highest BCUT2D eigenvalue weighted by Gasteiger charge is 1.96. The fourth-order valence-corrected chi connectivity index (χ4v) is 1.54. The molecule has 0 aliphatic rings. The van der Waals surface area contributed by atoms with Gasteiger partial charge in [-0.2, -0.15) is 0 Å². The molecule has 1 N–H and O–H groups in total. The van der Waals surface area contributed by atoms with Gasteiger partial charge in [-0.15, -0.1) is 0 Å². The highest BCUT2D eigenvalue weighted by atomic mass is 19.1. The molecule has 0 atom stereocenters. The van der Waals surface area contributed by atoms with Crippen molar-refractivity contribution in [3.05, 3.63) is 41.7 Å². The van der Waals surface area contributed by atoms with Crippen molar-refractivity contribution in [2.45, 2.75) is 26.7 Å². The Bertz CT molecular complexity index is 344. The van der Waals surface area contributed by atoms with E-state index >= 15 is 0 Å². The van der Waals surface area contributed by atoms with E-state index in [1.54, 1.807) is 12.1 Å². The number of benzene rings is 1. The fraction of sp³-hybridized carbons (Fsp3) is 0.429. The summed E-state index contributed by atoms with van der Waals surface area (Å²) in [6.07, 6.45) is 4.30. The lowest BCUT2D eigenvalue weighted by Crippen LogP contribution is -2.15. The van der Waals surface area contributed by atoms with Crippen LogP contribution in [-0.4, -0.2) is 13.1 Å². The first-order valence-corrected chi connectivity index (χ1v) is 5.87. The zero-order valence-corrected chi connectivity index (χ0v) is 10.1. The third-order valence-corrected chi connectivity index (χ3v) is 2.48. The molecule has 0 heterocycles. The van der Waals surface area contributed by atoms with Crippen LogP contribution in [0.4, 0.5) is 4.39 Å². The fourth-order valence-electron chi connectivity index (χ4n) is 1.54. The van der Waals surface area contributed by atoms with Gasteiger partial charge >= 0.3 is 0 Å². The first-order chi connectivity index (χ1) is 7.74. The second-order valence-electron chi connectivity index (χ2n) is 3.94. The van der Waals surface area contributed by atoms with E-state index in [4.69, 9.17) is 0 Å². The van der Waals surface area contributed by atoms with E-state index in [9.17, 15) is 4.39 Å². The molecule has 0 saturated heterocycles. The van der Waals surface area contributed by atoms with Gasteiger partial charge < -0.3 is 5.32 Å².